The fourth-order valence-corrected chi connectivity index (χ4v) is 3.20. The number of benzene rings is 1. The van der Waals surface area contributed by atoms with Gasteiger partial charge < -0.3 is 0 Å². The van der Waals surface area contributed by atoms with Crippen molar-refractivity contribution >= 4 is 47.0 Å². The van der Waals surface area contributed by atoms with E-state index in [2.05, 4.69) is 22.9 Å². The topological polar surface area (TPSA) is 35.5 Å². The monoisotopic (exact) mass is 466 g/mol. The first-order valence-corrected chi connectivity index (χ1v) is 8.48. The van der Waals surface area contributed by atoms with Crippen molar-refractivity contribution in [2.75, 3.05) is 0 Å². The van der Waals surface area contributed by atoms with Crippen LogP contribution in [0, 0.1) is 0 Å². The molecule has 0 spiro atoms. The second kappa shape index (κ2) is 6.47. The number of carbonyl (C=O) groups is 1. The summed E-state index contributed by atoms with van der Waals surface area (Å²) in [6.45, 7) is 3.47. The van der Waals surface area contributed by atoms with Gasteiger partial charge in [0.05, 0.1) is 0 Å². The van der Waals surface area contributed by atoms with Crippen molar-refractivity contribution < 1.29 is 10.2 Å². The Balaban J connectivity index is 2.63. The number of carbonyl (C=O) groups excluding carboxylic acids is 1. The second-order valence-corrected chi connectivity index (χ2v) is 6.04. The molecule has 0 N–H and O–H groups in total. The van der Waals surface area contributed by atoms with E-state index in [1.807, 2.05) is 18.2 Å². The van der Waals surface area contributed by atoms with Gasteiger partial charge >= 0.3 is 111 Å². The summed E-state index contributed by atoms with van der Waals surface area (Å²) in [4.78, 5) is 10.6. The van der Waals surface area contributed by atoms with Gasteiger partial charge in [0.25, 0.3) is 0 Å². The summed E-state index contributed by atoms with van der Waals surface area (Å²) in [5.41, 5.74) is 1.13. The maximum absolute atomic E-state index is 10.6. The van der Waals surface area contributed by atoms with Gasteiger partial charge in [-0.25, -0.2) is 0 Å². The van der Waals surface area contributed by atoms with Gasteiger partial charge in [0.2, 0.25) is 0 Å². The standard InChI is InChI=1S/C8H9BrO.C2H4O2.Pb/c1-2-6-5-7(9)3-4-8(6)10;1-2(3)4;/h3-5,10H,2H2,1H3;1H3,(H,3,4);/q;;+2/p-2. The molecule has 0 fully saturated rings. The molecule has 0 bridgehead atoms. The Labute approximate surface area is 111 Å². The van der Waals surface area contributed by atoms with Gasteiger partial charge in [-0.05, 0) is 0 Å². The first kappa shape index (κ1) is 13.0. The molecule has 1 aromatic carbocycles. The molecule has 0 saturated carbocycles. The molecule has 0 heterocycles. The van der Waals surface area contributed by atoms with Crippen LogP contribution in [0.1, 0.15) is 19.4 Å². The molecule has 1 aromatic rings. The van der Waals surface area contributed by atoms with Crippen LogP contribution in [0.15, 0.2) is 22.7 Å². The van der Waals surface area contributed by atoms with Gasteiger partial charge in [-0.2, -0.15) is 0 Å². The zero-order valence-corrected chi connectivity index (χ0v) is 14.0. The summed E-state index contributed by atoms with van der Waals surface area (Å²) in [6.07, 6.45) is 0.901. The number of halogens is 1. The number of rotatable bonds is 4. The Morgan fingerprint density at radius 1 is 1.53 bits per heavy atom. The third-order valence-electron chi connectivity index (χ3n) is 1.74. The Kier molecular flexibility index (Phi) is 5.59. The van der Waals surface area contributed by atoms with Crippen LogP contribution in [-0.2, 0) is 13.9 Å². The number of hydrogen-bond donors (Lipinski definition) is 0. The second-order valence-electron chi connectivity index (χ2n) is 2.88. The van der Waals surface area contributed by atoms with Gasteiger partial charge in [0, 0.05) is 0 Å². The van der Waals surface area contributed by atoms with Gasteiger partial charge in [-0.3, -0.25) is 0 Å². The minimum atomic E-state index is -1.72. The fourth-order valence-electron chi connectivity index (χ4n) is 1.05. The van der Waals surface area contributed by atoms with E-state index >= 15 is 0 Å². The molecule has 5 heteroatoms. The van der Waals surface area contributed by atoms with E-state index in [9.17, 15) is 4.79 Å². The van der Waals surface area contributed by atoms with Crippen molar-refractivity contribution in [3.63, 3.8) is 0 Å². The fraction of sp³-hybridized carbons (Fsp3) is 0.300. The molecule has 0 aliphatic rings. The van der Waals surface area contributed by atoms with E-state index in [0.717, 1.165) is 22.2 Å². The van der Waals surface area contributed by atoms with Crippen molar-refractivity contribution in [2.45, 2.75) is 20.3 Å². The molecule has 0 amide bonds. The van der Waals surface area contributed by atoms with Crippen molar-refractivity contribution in [1.82, 2.24) is 0 Å². The van der Waals surface area contributed by atoms with Crippen LogP contribution in [0.4, 0.5) is 0 Å². The predicted molar refractivity (Wildman–Crippen MR) is 61.7 cm³/mol. The Hall–Kier alpha value is -0.108. The van der Waals surface area contributed by atoms with E-state index in [-0.39, 0.29) is 5.97 Å². The molecule has 80 valence electrons. The maximum atomic E-state index is 10.6. The van der Waals surface area contributed by atoms with Crippen LogP contribution in [0.5, 0.6) is 5.75 Å². The minimum absolute atomic E-state index is 0.256. The molecular weight excluding hydrogens is 455 g/mol. The quantitative estimate of drug-likeness (QED) is 0.640. The van der Waals surface area contributed by atoms with E-state index in [1.165, 1.54) is 6.92 Å². The van der Waals surface area contributed by atoms with Gasteiger partial charge in [-0.15, -0.1) is 0 Å². The van der Waals surface area contributed by atoms with Crippen LogP contribution >= 0.6 is 15.9 Å². The third-order valence-corrected chi connectivity index (χ3v) is 4.85. The van der Waals surface area contributed by atoms with Crippen molar-refractivity contribution in [3.05, 3.63) is 28.2 Å². The molecule has 3 nitrogen and oxygen atoms in total. The Morgan fingerprint density at radius 3 is 2.87 bits per heavy atom. The summed E-state index contributed by atoms with van der Waals surface area (Å²) < 4.78 is 11.5. The predicted octanol–water partition coefficient (Wildman–Crippen LogP) is 2.49. The first-order valence-electron chi connectivity index (χ1n) is 4.51. The Morgan fingerprint density at radius 2 is 2.27 bits per heavy atom. The molecule has 0 saturated heterocycles. The molecular formula is C10H11BrO3Pb. The third kappa shape index (κ3) is 4.50. The molecule has 2 radical (unpaired) electrons. The summed E-state index contributed by atoms with van der Waals surface area (Å²) in [5, 5.41) is 0. The van der Waals surface area contributed by atoms with Crippen LogP contribution in [0.3, 0.4) is 0 Å². The molecule has 0 unspecified atom stereocenters. The van der Waals surface area contributed by atoms with Gasteiger partial charge in [0.1, 0.15) is 0 Å². The summed E-state index contributed by atoms with van der Waals surface area (Å²) in [6, 6.07) is 5.84. The van der Waals surface area contributed by atoms with E-state index in [4.69, 9.17) is 5.37 Å². The van der Waals surface area contributed by atoms with Crippen molar-refractivity contribution in [1.29, 1.82) is 0 Å². The normalized spacial score (nSPS) is 9.80. The first-order chi connectivity index (χ1) is 7.13. The van der Waals surface area contributed by atoms with Crippen molar-refractivity contribution in [2.24, 2.45) is 0 Å². The zero-order chi connectivity index (χ0) is 11.3. The number of hydrogen-bond acceptors (Lipinski definition) is 3. The van der Waals surface area contributed by atoms with Crippen LogP contribution in [0.2, 0.25) is 0 Å². The molecule has 0 atom stereocenters. The molecule has 0 aliphatic heterocycles. The van der Waals surface area contributed by atoms with Crippen molar-refractivity contribution in [3.8, 4) is 5.75 Å². The van der Waals surface area contributed by atoms with E-state index in [0.29, 0.717) is 0 Å². The molecule has 0 aliphatic carbocycles. The average Bonchev–Trinajstić information content (AvgIpc) is 2.19. The summed E-state index contributed by atoms with van der Waals surface area (Å²) >= 11 is 1.68. The van der Waals surface area contributed by atoms with Crippen LogP contribution < -0.4 is 2.69 Å². The SMILES string of the molecule is CCc1cc(Br)ccc1[O][Pb][O]C(C)=O. The number of aryl methyl sites for hydroxylation is 1. The molecule has 15 heavy (non-hydrogen) atoms. The summed E-state index contributed by atoms with van der Waals surface area (Å²) in [5.74, 6) is 0.582. The average molecular weight is 466 g/mol. The zero-order valence-electron chi connectivity index (χ0n) is 8.54. The molecule has 1 rings (SSSR count). The van der Waals surface area contributed by atoms with Crippen LogP contribution in [0.25, 0.3) is 0 Å². The van der Waals surface area contributed by atoms with E-state index < -0.39 is 25.1 Å². The van der Waals surface area contributed by atoms with E-state index in [1.54, 1.807) is 0 Å². The summed E-state index contributed by atoms with van der Waals surface area (Å²) in [7, 11) is 0. The van der Waals surface area contributed by atoms with Gasteiger partial charge in [-0.1, -0.05) is 0 Å². The van der Waals surface area contributed by atoms with Crippen LogP contribution in [-0.4, -0.2) is 31.1 Å². The van der Waals surface area contributed by atoms with Gasteiger partial charge in [0.15, 0.2) is 0 Å². The Bertz CT molecular complexity index is 355. The molecule has 0 aromatic heterocycles.